The number of thiol groups is 1. The maximum absolute atomic E-state index is 9.42. The summed E-state index contributed by atoms with van der Waals surface area (Å²) in [5, 5.41) is 0.630. The van der Waals surface area contributed by atoms with Crippen molar-refractivity contribution < 1.29 is 4.57 Å². The highest BCUT2D eigenvalue weighted by atomic mass is 32.7. The third-order valence-electron chi connectivity index (χ3n) is 0.110. The Morgan fingerprint density at radius 2 is 2.60 bits per heavy atom. The highest BCUT2D eigenvalue weighted by Crippen LogP contribution is 2.16. The molecule has 30 valence electrons. The van der Waals surface area contributed by atoms with Gasteiger partial charge >= 0.3 is 0 Å². The van der Waals surface area contributed by atoms with E-state index in [0.29, 0.717) is 5.08 Å². The second-order valence-electron chi connectivity index (χ2n) is 0.333. The van der Waals surface area contributed by atoms with Crippen molar-refractivity contribution in [3.8, 4) is 0 Å². The Morgan fingerprint density at radius 1 is 2.00 bits per heavy atom. The summed E-state index contributed by atoms with van der Waals surface area (Å²) in [5.41, 5.74) is 0. The first kappa shape index (κ1) is 5.80. The van der Waals surface area contributed by atoms with Gasteiger partial charge in [0.2, 0.25) is 7.66 Å². The summed E-state index contributed by atoms with van der Waals surface area (Å²) in [5.74, 6) is 0. The number of rotatable bonds is 2. The summed E-state index contributed by atoms with van der Waals surface area (Å²) in [4.78, 5) is 0. The van der Waals surface area contributed by atoms with Gasteiger partial charge in [0.15, 0.2) is 0 Å². The van der Waals surface area contributed by atoms with Crippen LogP contribution in [0.15, 0.2) is 0 Å². The van der Waals surface area contributed by atoms with Crippen LogP contribution in [0.2, 0.25) is 0 Å². The van der Waals surface area contributed by atoms with Crippen molar-refractivity contribution >= 4 is 31.7 Å². The zero-order valence-corrected chi connectivity index (χ0v) is 5.02. The van der Waals surface area contributed by atoms with Crippen LogP contribution in [0.5, 0.6) is 0 Å². The topological polar surface area (TPSA) is 17.1 Å². The summed E-state index contributed by atoms with van der Waals surface area (Å²) >= 11 is 5.00. The number of hydrogen-bond acceptors (Lipinski definition) is 3. The molecule has 1 nitrogen and oxygen atoms in total. The molecule has 0 aromatic rings. The van der Waals surface area contributed by atoms with Crippen molar-refractivity contribution in [2.75, 3.05) is 5.08 Å². The van der Waals surface area contributed by atoms with Crippen LogP contribution in [-0.2, 0) is 4.57 Å². The maximum atomic E-state index is 9.42. The van der Waals surface area contributed by atoms with Gasteiger partial charge in [0.1, 0.15) is 0 Å². The molecule has 4 heteroatoms. The van der Waals surface area contributed by atoms with Crippen LogP contribution in [0.25, 0.3) is 0 Å². The Balaban J connectivity index is 2.40. The summed E-state index contributed by atoms with van der Waals surface area (Å²) in [6.07, 6.45) is 0. The quantitative estimate of drug-likeness (QED) is 0.345. The predicted octanol–water partition coefficient (Wildman–Crippen LogP) is 1.81. The molecule has 0 saturated heterocycles. The van der Waals surface area contributed by atoms with Crippen molar-refractivity contribution in [2.45, 2.75) is 0 Å². The summed E-state index contributed by atoms with van der Waals surface area (Å²) < 4.78 is 9.42. The molecule has 0 spiro atoms. The van der Waals surface area contributed by atoms with Crippen LogP contribution >= 0.6 is 31.7 Å². The Hall–Kier alpha value is 0.800. The highest BCUT2D eigenvalue weighted by molar-refractivity contribution is 8.48. The van der Waals surface area contributed by atoms with Crippen LogP contribution in [0.3, 0.4) is 0 Å². The van der Waals surface area contributed by atoms with Gasteiger partial charge in [-0.25, -0.2) is 0 Å². The van der Waals surface area contributed by atoms with Crippen molar-refractivity contribution in [3.05, 3.63) is 0 Å². The largest absolute Gasteiger partial charge is 0.262 e. The molecule has 0 aliphatic heterocycles. The van der Waals surface area contributed by atoms with E-state index in [1.54, 1.807) is 0 Å². The first-order chi connectivity index (χ1) is 2.41. The molecule has 0 N–H and O–H groups in total. The molecule has 0 saturated carbocycles. The fraction of sp³-hybridized carbons (Fsp3) is 1.00. The van der Waals surface area contributed by atoms with Crippen molar-refractivity contribution in [1.29, 1.82) is 0 Å². The van der Waals surface area contributed by atoms with E-state index in [1.807, 2.05) is 0 Å². The average molecular weight is 126 g/mol. The van der Waals surface area contributed by atoms with E-state index >= 15 is 0 Å². The minimum absolute atomic E-state index is 0.120. The first-order valence-corrected chi connectivity index (χ1v) is 4.01. The van der Waals surface area contributed by atoms with Gasteiger partial charge in [-0.15, -0.1) is 0 Å². The molecule has 0 heterocycles. The van der Waals surface area contributed by atoms with E-state index in [9.17, 15) is 4.57 Å². The lowest BCUT2D eigenvalue weighted by molar-refractivity contribution is 0.605. The predicted molar refractivity (Wildman–Crippen MR) is 29.1 cm³/mol. The van der Waals surface area contributed by atoms with E-state index in [4.69, 9.17) is 0 Å². The lowest BCUT2D eigenvalue weighted by Gasteiger charge is -1.66. The molecule has 0 aromatic carbocycles. The number of hydrogen-bond donors (Lipinski definition) is 1. The third kappa shape index (κ3) is 4.80. The Morgan fingerprint density at radius 3 is 2.60 bits per heavy atom. The molecular formula is CH3OPS2. The van der Waals surface area contributed by atoms with E-state index in [0.717, 1.165) is 0 Å². The van der Waals surface area contributed by atoms with Crippen molar-refractivity contribution in [1.82, 2.24) is 0 Å². The standard InChI is InChI=1S/CH3OPS2/c2-3-5-1-4/h4H,1H2. The van der Waals surface area contributed by atoms with Crippen LogP contribution in [-0.4, -0.2) is 5.08 Å². The molecule has 0 atom stereocenters. The molecule has 0 aromatic heterocycles. The fourth-order valence-electron chi connectivity index (χ4n) is 0.0236. The molecule has 0 unspecified atom stereocenters. The summed E-state index contributed by atoms with van der Waals surface area (Å²) in [6, 6.07) is 0. The van der Waals surface area contributed by atoms with Gasteiger partial charge in [-0.2, -0.15) is 12.6 Å². The van der Waals surface area contributed by atoms with Gasteiger partial charge in [-0.05, 0) is 11.4 Å². The molecule has 0 rings (SSSR count). The summed E-state index contributed by atoms with van der Waals surface area (Å²) in [7, 11) is 0.120. The van der Waals surface area contributed by atoms with E-state index in [1.165, 1.54) is 11.4 Å². The zero-order valence-electron chi connectivity index (χ0n) is 2.42. The van der Waals surface area contributed by atoms with Gasteiger partial charge in [0.05, 0.1) is 0 Å². The molecule has 0 bridgehead atoms. The van der Waals surface area contributed by atoms with Crippen molar-refractivity contribution in [3.63, 3.8) is 0 Å². The highest BCUT2D eigenvalue weighted by Gasteiger charge is 1.69. The SMILES string of the molecule is O=PSCS. The molecule has 5 heavy (non-hydrogen) atoms. The first-order valence-electron chi connectivity index (χ1n) is 0.970. The smallest absolute Gasteiger partial charge is 0.227 e. The second-order valence-corrected chi connectivity index (χ2v) is 2.99. The molecule has 0 amide bonds. The Labute approximate surface area is 41.9 Å². The van der Waals surface area contributed by atoms with Gasteiger partial charge < -0.3 is 0 Å². The van der Waals surface area contributed by atoms with Crippen LogP contribution in [0, 0.1) is 0 Å². The monoisotopic (exact) mass is 126 g/mol. The second kappa shape index (κ2) is 4.80. The van der Waals surface area contributed by atoms with Crippen molar-refractivity contribution in [2.24, 2.45) is 0 Å². The molecule has 0 radical (unpaired) electrons. The normalized spacial score (nSPS) is 9.00. The Bertz CT molecular complexity index is 30.8. The molecule has 0 fully saturated rings. The minimum Gasteiger partial charge on any atom is -0.262 e. The molecule has 0 aliphatic carbocycles. The Kier molecular flexibility index (Phi) is 5.57. The van der Waals surface area contributed by atoms with E-state index in [-0.39, 0.29) is 7.66 Å². The molecule has 0 aliphatic rings. The van der Waals surface area contributed by atoms with Gasteiger partial charge in [0.25, 0.3) is 0 Å². The van der Waals surface area contributed by atoms with Crippen LogP contribution in [0.4, 0.5) is 0 Å². The van der Waals surface area contributed by atoms with Gasteiger partial charge in [-0.3, -0.25) is 4.57 Å². The minimum atomic E-state index is 0.120. The van der Waals surface area contributed by atoms with Gasteiger partial charge in [-0.1, -0.05) is 0 Å². The maximum Gasteiger partial charge on any atom is 0.227 e. The molecular weight excluding hydrogens is 123 g/mol. The third-order valence-corrected chi connectivity index (χ3v) is 2.03. The van der Waals surface area contributed by atoms with Gasteiger partial charge in [0, 0.05) is 5.08 Å². The lowest BCUT2D eigenvalue weighted by Crippen LogP contribution is -1.37. The fourth-order valence-corrected chi connectivity index (χ4v) is 0.636. The zero-order chi connectivity index (χ0) is 4.12. The van der Waals surface area contributed by atoms with Crippen LogP contribution < -0.4 is 0 Å². The lowest BCUT2D eigenvalue weighted by atomic mass is 11.9. The average Bonchev–Trinajstić information content (AvgIpc) is 1.41. The van der Waals surface area contributed by atoms with Crippen LogP contribution in [0.1, 0.15) is 0 Å². The summed E-state index contributed by atoms with van der Waals surface area (Å²) in [6.45, 7) is 0. The van der Waals surface area contributed by atoms with E-state index < -0.39 is 0 Å². The van der Waals surface area contributed by atoms with E-state index in [2.05, 4.69) is 12.6 Å².